The smallest absolute Gasteiger partial charge is 0.345 e. The molecule has 0 saturated carbocycles. The number of esters is 1. The van der Waals surface area contributed by atoms with Crippen LogP contribution >= 0.6 is 23.5 Å². The van der Waals surface area contributed by atoms with E-state index in [-0.39, 0.29) is 29.2 Å². The Labute approximate surface area is 309 Å². The summed E-state index contributed by atoms with van der Waals surface area (Å²) in [6, 6.07) is 39.5. The number of carbonyl (C=O) groups is 3. The summed E-state index contributed by atoms with van der Waals surface area (Å²) in [6.07, 6.45) is 2.62. The normalized spacial score (nSPS) is 18.0. The SMILES string of the molecule is CSCC(C(=O)OC(C)(C)C)C(NCC1NCCC1SC(c1ccccc1)(c1ccccc1)c1ccccc1)(NC(=O)c1ccccc1)C(=O)O. The Kier molecular flexibility index (Phi) is 12.7. The van der Waals surface area contributed by atoms with Crippen LogP contribution in [0.15, 0.2) is 121 Å². The van der Waals surface area contributed by atoms with Crippen LogP contribution in [0.25, 0.3) is 0 Å². The van der Waals surface area contributed by atoms with Gasteiger partial charge in [0, 0.05) is 29.2 Å². The van der Waals surface area contributed by atoms with Crippen molar-refractivity contribution in [1.82, 2.24) is 16.0 Å². The third-order valence-electron chi connectivity index (χ3n) is 8.99. The third-order valence-corrected chi connectivity index (χ3v) is 11.6. The van der Waals surface area contributed by atoms with Crippen LogP contribution in [0.5, 0.6) is 0 Å². The lowest BCUT2D eigenvalue weighted by Crippen LogP contribution is -2.72. The molecule has 8 nitrogen and oxygen atoms in total. The molecule has 1 aliphatic rings. The number of carboxylic acid groups (broad SMARTS) is 1. The molecule has 10 heteroatoms. The van der Waals surface area contributed by atoms with Gasteiger partial charge in [-0.1, -0.05) is 109 Å². The van der Waals surface area contributed by atoms with Crippen molar-refractivity contribution in [1.29, 1.82) is 0 Å². The highest BCUT2D eigenvalue weighted by molar-refractivity contribution is 8.01. The predicted molar refractivity (Wildman–Crippen MR) is 207 cm³/mol. The predicted octanol–water partition coefficient (Wildman–Crippen LogP) is 6.56. The second-order valence-electron chi connectivity index (χ2n) is 13.6. The Balaban J connectivity index is 1.54. The molecule has 5 rings (SSSR count). The van der Waals surface area contributed by atoms with Crippen LogP contribution in [0.1, 0.15) is 54.2 Å². The highest BCUT2D eigenvalue weighted by Gasteiger charge is 2.53. The van der Waals surface area contributed by atoms with Gasteiger partial charge in [-0.05, 0) is 68.8 Å². The molecular formula is C41H47N3O5S2. The van der Waals surface area contributed by atoms with Gasteiger partial charge in [0.05, 0.1) is 4.75 Å². The van der Waals surface area contributed by atoms with Gasteiger partial charge in [-0.15, -0.1) is 11.8 Å². The molecule has 1 heterocycles. The van der Waals surface area contributed by atoms with E-state index in [9.17, 15) is 19.5 Å². The summed E-state index contributed by atoms with van der Waals surface area (Å²) in [4.78, 5) is 41.1. The van der Waals surface area contributed by atoms with E-state index >= 15 is 0 Å². The quantitative estimate of drug-likeness (QED) is 0.0614. The summed E-state index contributed by atoms with van der Waals surface area (Å²) in [5.41, 5.74) is 0.629. The van der Waals surface area contributed by atoms with E-state index in [0.717, 1.165) is 29.7 Å². The Hall–Kier alpha value is -4.09. The molecule has 4 unspecified atom stereocenters. The number of hydrogen-bond acceptors (Lipinski definition) is 8. The lowest BCUT2D eigenvalue weighted by atomic mass is 9.84. The minimum atomic E-state index is -2.17. The number of carbonyl (C=O) groups excluding carboxylic acids is 2. The van der Waals surface area contributed by atoms with Crippen LogP contribution in [0.3, 0.4) is 0 Å². The van der Waals surface area contributed by atoms with Crippen LogP contribution in [0.4, 0.5) is 0 Å². The Morgan fingerprint density at radius 3 is 1.76 bits per heavy atom. The fraction of sp³-hybridized carbons (Fsp3) is 0.341. The van der Waals surface area contributed by atoms with Gasteiger partial charge >= 0.3 is 11.9 Å². The Morgan fingerprint density at radius 1 is 0.824 bits per heavy atom. The first-order valence-electron chi connectivity index (χ1n) is 17.2. The number of benzene rings is 4. The molecule has 0 spiro atoms. The van der Waals surface area contributed by atoms with Gasteiger partial charge in [0.15, 0.2) is 0 Å². The van der Waals surface area contributed by atoms with Crippen molar-refractivity contribution in [2.45, 2.75) is 54.5 Å². The van der Waals surface area contributed by atoms with Gasteiger partial charge in [-0.3, -0.25) is 14.9 Å². The van der Waals surface area contributed by atoms with E-state index in [0.29, 0.717) is 0 Å². The summed E-state index contributed by atoms with van der Waals surface area (Å²) in [5.74, 6) is -3.84. The van der Waals surface area contributed by atoms with Gasteiger partial charge in [0.2, 0.25) is 5.66 Å². The molecule has 0 aromatic heterocycles. The van der Waals surface area contributed by atoms with Crippen molar-refractivity contribution in [3.63, 3.8) is 0 Å². The molecule has 268 valence electrons. The van der Waals surface area contributed by atoms with Crippen molar-refractivity contribution in [3.8, 4) is 0 Å². The van der Waals surface area contributed by atoms with Crippen LogP contribution in [0.2, 0.25) is 0 Å². The number of amides is 1. The molecule has 4 aromatic carbocycles. The van der Waals surface area contributed by atoms with E-state index in [1.807, 2.05) is 30.0 Å². The Morgan fingerprint density at radius 2 is 1.31 bits per heavy atom. The highest BCUT2D eigenvalue weighted by Crippen LogP contribution is 2.51. The number of thioether (sulfide) groups is 2. The second-order valence-corrected chi connectivity index (χ2v) is 16.0. The van der Waals surface area contributed by atoms with E-state index in [4.69, 9.17) is 4.74 Å². The minimum absolute atomic E-state index is 0.00923. The molecule has 4 atom stereocenters. The van der Waals surface area contributed by atoms with Crippen molar-refractivity contribution in [2.24, 2.45) is 5.92 Å². The molecule has 0 radical (unpaired) electrons. The number of rotatable bonds is 15. The molecule has 1 saturated heterocycles. The van der Waals surface area contributed by atoms with Crippen molar-refractivity contribution < 1.29 is 24.2 Å². The maximum Gasteiger partial charge on any atom is 0.345 e. The van der Waals surface area contributed by atoms with Gasteiger partial charge < -0.3 is 20.5 Å². The third kappa shape index (κ3) is 8.87. The highest BCUT2D eigenvalue weighted by atomic mass is 32.2. The van der Waals surface area contributed by atoms with E-state index < -0.39 is 39.8 Å². The zero-order valence-corrected chi connectivity index (χ0v) is 31.1. The monoisotopic (exact) mass is 725 g/mol. The lowest BCUT2D eigenvalue weighted by molar-refractivity contribution is -0.169. The number of hydrogen-bond donors (Lipinski definition) is 4. The summed E-state index contributed by atoms with van der Waals surface area (Å²) in [6.45, 7) is 6.09. The number of ether oxygens (including phenoxy) is 1. The first kappa shape index (κ1) is 38.1. The van der Waals surface area contributed by atoms with Gasteiger partial charge in [-0.2, -0.15) is 11.8 Å². The molecular weight excluding hydrogens is 679 g/mol. The average Bonchev–Trinajstić information content (AvgIpc) is 3.58. The van der Waals surface area contributed by atoms with Crippen LogP contribution in [-0.4, -0.2) is 70.6 Å². The molecule has 1 amide bonds. The van der Waals surface area contributed by atoms with E-state index in [1.54, 1.807) is 57.4 Å². The molecule has 0 bridgehead atoms. The first-order valence-corrected chi connectivity index (χ1v) is 19.4. The lowest BCUT2D eigenvalue weighted by Gasteiger charge is -2.41. The van der Waals surface area contributed by atoms with Gasteiger partial charge in [0.25, 0.3) is 5.91 Å². The molecule has 4 N–H and O–H groups in total. The van der Waals surface area contributed by atoms with Gasteiger partial charge in [0.1, 0.15) is 11.5 Å². The zero-order valence-electron chi connectivity index (χ0n) is 29.5. The standard InChI is InChI=1S/C41H47N3O5S2/c1-39(2,3)49-37(46)33(28-50-4)41(38(47)48,44-36(45)29-17-9-5-10-18-29)43-27-34-35(25-26-42-34)51-40(30-19-11-6-12-20-30,31-21-13-7-14-22-31)32-23-15-8-16-24-32/h5-24,33-35,42-43H,25-28H2,1-4H3,(H,44,45)(H,47,48). The first-order chi connectivity index (χ1) is 24.5. The maximum absolute atomic E-state index is 13.8. The van der Waals surface area contributed by atoms with Crippen molar-refractivity contribution in [2.75, 3.05) is 25.1 Å². The number of aliphatic carboxylic acids is 1. The maximum atomic E-state index is 13.8. The van der Waals surface area contributed by atoms with Crippen molar-refractivity contribution >= 4 is 41.4 Å². The second kappa shape index (κ2) is 17.0. The number of nitrogens with one attached hydrogen (secondary N) is 3. The number of carboxylic acids is 1. The average molecular weight is 726 g/mol. The zero-order chi connectivity index (χ0) is 36.5. The molecule has 4 aromatic rings. The Bertz CT molecular complexity index is 1640. The fourth-order valence-corrected chi connectivity index (χ4v) is 9.17. The summed E-state index contributed by atoms with van der Waals surface area (Å²) >= 11 is 3.15. The molecule has 1 aliphatic heterocycles. The topological polar surface area (TPSA) is 117 Å². The summed E-state index contributed by atoms with van der Waals surface area (Å²) < 4.78 is 5.19. The minimum Gasteiger partial charge on any atom is -0.478 e. The summed E-state index contributed by atoms with van der Waals surface area (Å²) in [7, 11) is 0. The van der Waals surface area contributed by atoms with Crippen LogP contribution in [0, 0.1) is 5.92 Å². The fourth-order valence-electron chi connectivity index (χ4n) is 6.59. The van der Waals surface area contributed by atoms with E-state index in [2.05, 4.69) is 88.7 Å². The van der Waals surface area contributed by atoms with E-state index in [1.165, 1.54) is 11.8 Å². The molecule has 1 fully saturated rings. The molecule has 51 heavy (non-hydrogen) atoms. The summed E-state index contributed by atoms with van der Waals surface area (Å²) in [5, 5.41) is 20.6. The van der Waals surface area contributed by atoms with Crippen molar-refractivity contribution in [3.05, 3.63) is 144 Å². The van der Waals surface area contributed by atoms with Gasteiger partial charge in [-0.25, -0.2) is 4.79 Å². The largest absolute Gasteiger partial charge is 0.478 e. The van der Waals surface area contributed by atoms with Crippen LogP contribution < -0.4 is 16.0 Å². The van der Waals surface area contributed by atoms with Crippen LogP contribution in [-0.2, 0) is 19.1 Å². The molecule has 0 aliphatic carbocycles.